The molecule has 106 valence electrons. The molecule has 5 heteroatoms. The topological polar surface area (TPSA) is 67.8 Å². The molecule has 0 radical (unpaired) electrons. The van der Waals surface area contributed by atoms with Crippen LogP contribution in [0.3, 0.4) is 0 Å². The third kappa shape index (κ3) is 2.70. The van der Waals surface area contributed by atoms with E-state index in [4.69, 9.17) is 15.9 Å². The average molecular weight is 275 g/mol. The number of nitrogens with one attached hydrogen (secondary N) is 1. The van der Waals surface area contributed by atoms with Gasteiger partial charge in [-0.15, -0.1) is 6.42 Å². The zero-order valence-corrected chi connectivity index (χ0v) is 11.3. The van der Waals surface area contributed by atoms with E-state index >= 15 is 0 Å². The van der Waals surface area contributed by atoms with Crippen LogP contribution in [0, 0.1) is 12.3 Å². The molecule has 0 amide bonds. The Balaban J connectivity index is 2.37. The Bertz CT molecular complexity index is 549. The van der Waals surface area contributed by atoms with E-state index in [1.165, 1.54) is 0 Å². The molecule has 1 aliphatic heterocycles. The van der Waals surface area contributed by atoms with Crippen LogP contribution in [0.4, 0.5) is 0 Å². The molecule has 20 heavy (non-hydrogen) atoms. The first-order valence-corrected chi connectivity index (χ1v) is 6.40. The summed E-state index contributed by atoms with van der Waals surface area (Å²) in [5, 5.41) is 12.3. The summed E-state index contributed by atoms with van der Waals surface area (Å²) in [5.74, 6) is 2.59. The van der Waals surface area contributed by atoms with Crippen molar-refractivity contribution < 1.29 is 19.4 Å². The predicted octanol–water partition coefficient (Wildman–Crippen LogP) is 1.37. The molecule has 1 aromatic carbocycles. The SMILES string of the molecule is C#CCNC(C)(C(=O)O)c1ccc2c(c1)OCCCO2. The number of fused-ring (bicyclic) bond motifs is 1. The maximum absolute atomic E-state index is 11.6. The van der Waals surface area contributed by atoms with Gasteiger partial charge in [0.1, 0.15) is 5.54 Å². The molecule has 1 aromatic rings. The minimum absolute atomic E-state index is 0.164. The standard InChI is InChI=1S/C15H17NO4/c1-3-7-16-15(2,14(17)18)11-5-6-12-13(10-11)20-9-4-8-19-12/h1,5-6,10,16H,4,7-9H2,2H3,(H,17,18). The van der Waals surface area contributed by atoms with E-state index in [9.17, 15) is 9.90 Å². The minimum atomic E-state index is -1.27. The average Bonchev–Trinajstić information content (AvgIpc) is 2.68. The summed E-state index contributed by atoms with van der Waals surface area (Å²) in [5.41, 5.74) is -0.693. The van der Waals surface area contributed by atoms with Crippen molar-refractivity contribution in [3.8, 4) is 23.8 Å². The van der Waals surface area contributed by atoms with E-state index in [1.54, 1.807) is 25.1 Å². The molecular weight excluding hydrogens is 258 g/mol. The van der Waals surface area contributed by atoms with E-state index in [0.29, 0.717) is 30.3 Å². The largest absolute Gasteiger partial charge is 0.490 e. The summed E-state index contributed by atoms with van der Waals surface area (Å²) in [7, 11) is 0. The van der Waals surface area contributed by atoms with Gasteiger partial charge in [-0.25, -0.2) is 4.79 Å². The van der Waals surface area contributed by atoms with Gasteiger partial charge in [0.05, 0.1) is 19.8 Å². The van der Waals surface area contributed by atoms with Crippen LogP contribution in [0.15, 0.2) is 18.2 Å². The second kappa shape index (κ2) is 5.85. The number of hydrogen-bond donors (Lipinski definition) is 2. The van der Waals surface area contributed by atoms with Gasteiger partial charge in [-0.1, -0.05) is 12.0 Å². The summed E-state index contributed by atoms with van der Waals surface area (Å²) in [6.07, 6.45) is 6.00. The highest BCUT2D eigenvalue weighted by Crippen LogP contribution is 2.34. The lowest BCUT2D eigenvalue weighted by atomic mass is 9.91. The van der Waals surface area contributed by atoms with Crippen molar-refractivity contribution in [1.29, 1.82) is 0 Å². The number of aliphatic carboxylic acids is 1. The fourth-order valence-corrected chi connectivity index (χ4v) is 2.00. The first-order valence-electron chi connectivity index (χ1n) is 6.40. The van der Waals surface area contributed by atoms with Gasteiger partial charge in [0.2, 0.25) is 0 Å². The third-order valence-electron chi connectivity index (χ3n) is 3.30. The second-order valence-corrected chi connectivity index (χ2v) is 4.70. The highest BCUT2D eigenvalue weighted by Gasteiger charge is 2.35. The van der Waals surface area contributed by atoms with Crippen LogP contribution in [-0.2, 0) is 10.3 Å². The predicted molar refractivity (Wildman–Crippen MR) is 73.9 cm³/mol. The van der Waals surface area contributed by atoms with Crippen molar-refractivity contribution in [2.24, 2.45) is 0 Å². The maximum atomic E-state index is 11.6. The molecule has 5 nitrogen and oxygen atoms in total. The molecule has 1 heterocycles. The van der Waals surface area contributed by atoms with Gasteiger partial charge in [0.15, 0.2) is 11.5 Å². The lowest BCUT2D eigenvalue weighted by molar-refractivity contribution is -0.144. The Morgan fingerprint density at radius 1 is 1.45 bits per heavy atom. The zero-order chi connectivity index (χ0) is 14.6. The highest BCUT2D eigenvalue weighted by molar-refractivity contribution is 5.80. The van der Waals surface area contributed by atoms with Crippen molar-refractivity contribution in [3.63, 3.8) is 0 Å². The first-order chi connectivity index (χ1) is 9.58. The van der Waals surface area contributed by atoms with E-state index in [1.807, 2.05) is 0 Å². The Kier molecular flexibility index (Phi) is 4.16. The van der Waals surface area contributed by atoms with Crippen LogP contribution in [-0.4, -0.2) is 30.8 Å². The van der Waals surface area contributed by atoms with Gasteiger partial charge in [-0.2, -0.15) is 0 Å². The number of carbonyl (C=O) groups is 1. The molecule has 2 rings (SSSR count). The molecule has 1 aliphatic rings. The fraction of sp³-hybridized carbons (Fsp3) is 0.400. The molecule has 2 N–H and O–H groups in total. The van der Waals surface area contributed by atoms with Crippen LogP contribution in [0.1, 0.15) is 18.9 Å². The van der Waals surface area contributed by atoms with Gasteiger partial charge in [-0.3, -0.25) is 5.32 Å². The normalized spacial score (nSPS) is 16.6. The summed E-state index contributed by atoms with van der Waals surface area (Å²) >= 11 is 0. The number of terminal acetylenes is 1. The summed E-state index contributed by atoms with van der Waals surface area (Å²) in [6.45, 7) is 2.89. The number of carboxylic acids is 1. The Morgan fingerprint density at radius 2 is 2.15 bits per heavy atom. The third-order valence-corrected chi connectivity index (χ3v) is 3.30. The number of benzene rings is 1. The van der Waals surface area contributed by atoms with Crippen LogP contribution in [0.2, 0.25) is 0 Å². The molecule has 0 aliphatic carbocycles. The van der Waals surface area contributed by atoms with Crippen molar-refractivity contribution >= 4 is 5.97 Å². The Labute approximate surface area is 117 Å². The van der Waals surface area contributed by atoms with Crippen molar-refractivity contribution in [2.75, 3.05) is 19.8 Å². The van der Waals surface area contributed by atoms with Gasteiger partial charge >= 0.3 is 5.97 Å². The maximum Gasteiger partial charge on any atom is 0.328 e. The van der Waals surface area contributed by atoms with Crippen LogP contribution in [0.25, 0.3) is 0 Å². The van der Waals surface area contributed by atoms with E-state index in [0.717, 1.165) is 6.42 Å². The van der Waals surface area contributed by atoms with Gasteiger partial charge in [0.25, 0.3) is 0 Å². The quantitative estimate of drug-likeness (QED) is 0.812. The molecule has 0 spiro atoms. The van der Waals surface area contributed by atoms with E-state index < -0.39 is 11.5 Å². The van der Waals surface area contributed by atoms with Crippen molar-refractivity contribution in [3.05, 3.63) is 23.8 Å². The van der Waals surface area contributed by atoms with Crippen LogP contribution >= 0.6 is 0 Å². The Morgan fingerprint density at radius 3 is 2.80 bits per heavy atom. The number of carboxylic acid groups (broad SMARTS) is 1. The minimum Gasteiger partial charge on any atom is -0.490 e. The summed E-state index contributed by atoms with van der Waals surface area (Å²) in [6, 6.07) is 5.14. The zero-order valence-electron chi connectivity index (χ0n) is 11.3. The number of ether oxygens (including phenoxy) is 2. The number of rotatable bonds is 4. The monoisotopic (exact) mass is 275 g/mol. The van der Waals surface area contributed by atoms with Crippen LogP contribution < -0.4 is 14.8 Å². The molecule has 0 fully saturated rings. The van der Waals surface area contributed by atoms with Crippen molar-refractivity contribution in [1.82, 2.24) is 5.32 Å². The molecule has 0 saturated heterocycles. The molecule has 1 atom stereocenters. The lowest BCUT2D eigenvalue weighted by Gasteiger charge is -2.26. The van der Waals surface area contributed by atoms with Gasteiger partial charge in [0, 0.05) is 6.42 Å². The molecule has 0 aromatic heterocycles. The van der Waals surface area contributed by atoms with Gasteiger partial charge in [-0.05, 0) is 24.6 Å². The van der Waals surface area contributed by atoms with E-state index in [-0.39, 0.29) is 6.54 Å². The summed E-state index contributed by atoms with van der Waals surface area (Å²) in [4.78, 5) is 11.6. The Hall–Kier alpha value is -2.19. The van der Waals surface area contributed by atoms with Crippen molar-refractivity contribution in [2.45, 2.75) is 18.9 Å². The second-order valence-electron chi connectivity index (χ2n) is 4.70. The molecular formula is C15H17NO4. The summed E-state index contributed by atoms with van der Waals surface area (Å²) < 4.78 is 11.1. The fourth-order valence-electron chi connectivity index (χ4n) is 2.00. The smallest absolute Gasteiger partial charge is 0.328 e. The molecule has 1 unspecified atom stereocenters. The van der Waals surface area contributed by atoms with Crippen LogP contribution in [0.5, 0.6) is 11.5 Å². The lowest BCUT2D eigenvalue weighted by Crippen LogP contribution is -2.46. The first kappa shape index (κ1) is 14.2. The van der Waals surface area contributed by atoms with E-state index in [2.05, 4.69) is 11.2 Å². The molecule has 0 saturated carbocycles. The number of hydrogen-bond acceptors (Lipinski definition) is 4. The van der Waals surface area contributed by atoms with Gasteiger partial charge < -0.3 is 14.6 Å². The molecule has 0 bridgehead atoms. The highest BCUT2D eigenvalue weighted by atomic mass is 16.5.